The fourth-order valence-electron chi connectivity index (χ4n) is 2.64. The van der Waals surface area contributed by atoms with Gasteiger partial charge in [0.2, 0.25) is 0 Å². The quantitative estimate of drug-likeness (QED) is 0.267. The summed E-state index contributed by atoms with van der Waals surface area (Å²) in [7, 11) is 3.84. The molecule has 1 amide bonds. The Balaban J connectivity index is 2.50. The van der Waals surface area contributed by atoms with E-state index in [0.717, 1.165) is 57.2 Å². The van der Waals surface area contributed by atoms with E-state index in [1.165, 1.54) is 0 Å². The minimum absolute atomic E-state index is 0.0287. The number of hydrogen-bond donors (Lipinski definition) is 3. The number of nitrogens with zero attached hydrogens (tertiary/aromatic N) is 2. The maximum atomic E-state index is 12.2. The van der Waals surface area contributed by atoms with Crippen LogP contribution in [0.25, 0.3) is 0 Å². The van der Waals surface area contributed by atoms with Crippen LogP contribution in [0.15, 0.2) is 29.3 Å². The summed E-state index contributed by atoms with van der Waals surface area (Å²) in [6, 6.07) is 7.82. The summed E-state index contributed by atoms with van der Waals surface area (Å²) >= 11 is 0. The van der Waals surface area contributed by atoms with Crippen molar-refractivity contribution in [2.75, 3.05) is 46.9 Å². The average Bonchev–Trinajstić information content (AvgIpc) is 2.72. The van der Waals surface area contributed by atoms with Gasteiger partial charge in [0.05, 0.1) is 6.54 Å². The molecule has 0 spiro atoms. The SMILES string of the molecule is CCNC(=NCc1ccc(C(=O)NC(C)CC)cc1)NCCN(C)CCCOC. The highest BCUT2D eigenvalue weighted by molar-refractivity contribution is 5.94. The summed E-state index contributed by atoms with van der Waals surface area (Å²) in [5.74, 6) is 0.774. The van der Waals surface area contributed by atoms with Gasteiger partial charge in [-0.15, -0.1) is 0 Å². The standard InChI is InChI=1S/C22H39N5O2/c1-6-18(3)26-21(28)20-11-9-19(10-12-20)17-25-22(23-7-2)24-13-15-27(4)14-8-16-29-5/h9-12,18H,6-8,13-17H2,1-5H3,(H,26,28)(H2,23,24,25). The van der Waals surface area contributed by atoms with Gasteiger partial charge < -0.3 is 25.6 Å². The molecule has 3 N–H and O–H groups in total. The predicted molar refractivity (Wildman–Crippen MR) is 120 cm³/mol. The monoisotopic (exact) mass is 405 g/mol. The Labute approximate surface area is 176 Å². The molecule has 0 aromatic heterocycles. The summed E-state index contributed by atoms with van der Waals surface area (Å²) < 4.78 is 5.09. The number of likely N-dealkylation sites (N-methyl/N-ethyl adjacent to an activating group) is 1. The Morgan fingerprint density at radius 3 is 2.52 bits per heavy atom. The van der Waals surface area contributed by atoms with Crippen molar-refractivity contribution in [3.05, 3.63) is 35.4 Å². The second kappa shape index (κ2) is 14.8. The van der Waals surface area contributed by atoms with Gasteiger partial charge in [-0.05, 0) is 51.4 Å². The Bertz CT molecular complexity index is 604. The third kappa shape index (κ3) is 10.9. The smallest absolute Gasteiger partial charge is 0.251 e. The van der Waals surface area contributed by atoms with Crippen molar-refractivity contribution in [3.8, 4) is 0 Å². The maximum Gasteiger partial charge on any atom is 0.251 e. The van der Waals surface area contributed by atoms with E-state index >= 15 is 0 Å². The molecule has 0 bridgehead atoms. The molecule has 0 fully saturated rings. The number of guanidine groups is 1. The van der Waals surface area contributed by atoms with E-state index in [2.05, 4.69) is 46.7 Å². The largest absolute Gasteiger partial charge is 0.385 e. The predicted octanol–water partition coefficient (Wildman–Crippen LogP) is 2.24. The second-order valence-electron chi connectivity index (χ2n) is 7.25. The van der Waals surface area contributed by atoms with Crippen molar-refractivity contribution in [2.24, 2.45) is 4.99 Å². The van der Waals surface area contributed by atoms with Crippen LogP contribution in [-0.4, -0.2) is 69.8 Å². The van der Waals surface area contributed by atoms with Gasteiger partial charge in [-0.25, -0.2) is 4.99 Å². The lowest BCUT2D eigenvalue weighted by Gasteiger charge is -2.18. The van der Waals surface area contributed by atoms with Gasteiger partial charge in [0.25, 0.3) is 5.91 Å². The zero-order valence-corrected chi connectivity index (χ0v) is 18.8. The zero-order chi connectivity index (χ0) is 21.5. The van der Waals surface area contributed by atoms with Gasteiger partial charge in [-0.2, -0.15) is 0 Å². The summed E-state index contributed by atoms with van der Waals surface area (Å²) in [5, 5.41) is 9.63. The minimum atomic E-state index is -0.0287. The first-order chi connectivity index (χ1) is 14.0. The number of rotatable bonds is 13. The van der Waals surface area contributed by atoms with Crippen LogP contribution >= 0.6 is 0 Å². The van der Waals surface area contributed by atoms with E-state index in [4.69, 9.17) is 4.74 Å². The molecule has 0 heterocycles. The maximum absolute atomic E-state index is 12.2. The van der Waals surface area contributed by atoms with Gasteiger partial charge in [0, 0.05) is 51.5 Å². The van der Waals surface area contributed by atoms with Crippen molar-refractivity contribution in [3.63, 3.8) is 0 Å². The zero-order valence-electron chi connectivity index (χ0n) is 18.8. The minimum Gasteiger partial charge on any atom is -0.385 e. The highest BCUT2D eigenvalue weighted by Crippen LogP contribution is 2.06. The summed E-state index contributed by atoms with van der Waals surface area (Å²) in [6.45, 7) is 11.1. The molecular weight excluding hydrogens is 366 g/mol. The fourth-order valence-corrected chi connectivity index (χ4v) is 2.64. The van der Waals surface area contributed by atoms with Crippen molar-refractivity contribution in [1.29, 1.82) is 0 Å². The van der Waals surface area contributed by atoms with Crippen LogP contribution in [-0.2, 0) is 11.3 Å². The number of ether oxygens (including phenoxy) is 1. The first-order valence-electron chi connectivity index (χ1n) is 10.6. The number of nitrogens with one attached hydrogen (secondary N) is 3. The van der Waals surface area contributed by atoms with E-state index in [1.807, 2.05) is 31.2 Å². The Morgan fingerprint density at radius 2 is 1.90 bits per heavy atom. The van der Waals surface area contributed by atoms with Crippen molar-refractivity contribution < 1.29 is 9.53 Å². The number of methoxy groups -OCH3 is 1. The van der Waals surface area contributed by atoms with E-state index in [9.17, 15) is 4.79 Å². The normalized spacial score (nSPS) is 12.7. The highest BCUT2D eigenvalue weighted by atomic mass is 16.5. The molecule has 1 aromatic carbocycles. The average molecular weight is 406 g/mol. The van der Waals surface area contributed by atoms with Crippen LogP contribution in [0.4, 0.5) is 0 Å². The summed E-state index contributed by atoms with van der Waals surface area (Å²) in [5.41, 5.74) is 1.75. The lowest BCUT2D eigenvalue weighted by molar-refractivity contribution is 0.0939. The summed E-state index contributed by atoms with van der Waals surface area (Å²) in [4.78, 5) is 19.1. The third-order valence-corrected chi connectivity index (χ3v) is 4.64. The van der Waals surface area contributed by atoms with Crippen LogP contribution in [0.2, 0.25) is 0 Å². The van der Waals surface area contributed by atoms with Crippen LogP contribution in [0.1, 0.15) is 49.5 Å². The Hall–Kier alpha value is -2.12. The molecule has 7 nitrogen and oxygen atoms in total. The van der Waals surface area contributed by atoms with Crippen LogP contribution < -0.4 is 16.0 Å². The molecule has 1 aromatic rings. The van der Waals surface area contributed by atoms with E-state index in [0.29, 0.717) is 12.1 Å². The van der Waals surface area contributed by atoms with E-state index in [-0.39, 0.29) is 11.9 Å². The Kier molecular flexibility index (Phi) is 12.7. The molecular formula is C22H39N5O2. The molecule has 0 aliphatic carbocycles. The molecule has 0 aliphatic rings. The van der Waals surface area contributed by atoms with Gasteiger partial charge in [0.15, 0.2) is 5.96 Å². The van der Waals surface area contributed by atoms with Gasteiger partial charge in [-0.3, -0.25) is 4.79 Å². The number of amides is 1. The number of carbonyl (C=O) groups is 1. The first kappa shape index (κ1) is 24.9. The number of hydrogen-bond acceptors (Lipinski definition) is 4. The molecule has 0 saturated carbocycles. The number of carbonyl (C=O) groups excluding carboxylic acids is 1. The Morgan fingerprint density at radius 1 is 1.17 bits per heavy atom. The van der Waals surface area contributed by atoms with Crippen molar-refractivity contribution >= 4 is 11.9 Å². The van der Waals surface area contributed by atoms with Gasteiger partial charge >= 0.3 is 0 Å². The lowest BCUT2D eigenvalue weighted by atomic mass is 10.1. The van der Waals surface area contributed by atoms with Crippen molar-refractivity contribution in [1.82, 2.24) is 20.9 Å². The topological polar surface area (TPSA) is 78.0 Å². The first-order valence-corrected chi connectivity index (χ1v) is 10.6. The lowest BCUT2D eigenvalue weighted by Crippen LogP contribution is -2.41. The molecule has 164 valence electrons. The van der Waals surface area contributed by atoms with E-state index < -0.39 is 0 Å². The molecule has 0 radical (unpaired) electrons. The van der Waals surface area contributed by atoms with Gasteiger partial charge in [-0.1, -0.05) is 19.1 Å². The number of benzene rings is 1. The molecule has 1 rings (SSSR count). The van der Waals surface area contributed by atoms with E-state index in [1.54, 1.807) is 7.11 Å². The summed E-state index contributed by atoms with van der Waals surface area (Å²) in [6.07, 6.45) is 1.95. The number of aliphatic imine (C=N–C) groups is 1. The van der Waals surface area contributed by atoms with Crippen LogP contribution in [0.3, 0.4) is 0 Å². The molecule has 0 aliphatic heterocycles. The highest BCUT2D eigenvalue weighted by Gasteiger charge is 2.08. The molecule has 7 heteroatoms. The van der Waals surface area contributed by atoms with Crippen LogP contribution in [0.5, 0.6) is 0 Å². The van der Waals surface area contributed by atoms with Gasteiger partial charge in [0.1, 0.15) is 0 Å². The fraction of sp³-hybridized carbons (Fsp3) is 0.636. The van der Waals surface area contributed by atoms with Crippen molar-refractivity contribution in [2.45, 2.75) is 46.2 Å². The molecule has 0 saturated heterocycles. The van der Waals surface area contributed by atoms with Crippen LogP contribution in [0, 0.1) is 0 Å². The molecule has 1 atom stereocenters. The third-order valence-electron chi connectivity index (χ3n) is 4.64. The molecule has 1 unspecified atom stereocenters. The second-order valence-corrected chi connectivity index (χ2v) is 7.25. The molecule has 29 heavy (non-hydrogen) atoms.